The van der Waals surface area contributed by atoms with Gasteiger partial charge in [0.2, 0.25) is 0 Å². The summed E-state index contributed by atoms with van der Waals surface area (Å²) < 4.78 is 0. The highest BCUT2D eigenvalue weighted by Gasteiger charge is 2.25. The van der Waals surface area contributed by atoms with E-state index in [-0.39, 0.29) is 11.2 Å². The number of ketones is 1. The van der Waals surface area contributed by atoms with Crippen molar-refractivity contribution in [2.75, 3.05) is 0 Å². The van der Waals surface area contributed by atoms with Gasteiger partial charge in [0.15, 0.2) is 5.78 Å². The van der Waals surface area contributed by atoms with Crippen LogP contribution >= 0.6 is 0 Å². The monoisotopic (exact) mass is 256 g/mol. The van der Waals surface area contributed by atoms with Crippen molar-refractivity contribution in [3.8, 4) is 0 Å². The summed E-state index contributed by atoms with van der Waals surface area (Å²) >= 11 is 0. The zero-order valence-corrected chi connectivity index (χ0v) is 12.5. The lowest BCUT2D eigenvalue weighted by Gasteiger charge is -2.27. The molecule has 1 aromatic rings. The minimum absolute atomic E-state index is 0.204. The van der Waals surface area contributed by atoms with Gasteiger partial charge in [-0.2, -0.15) is 0 Å². The molecule has 0 aromatic heterocycles. The Labute approximate surface area is 117 Å². The maximum Gasteiger partial charge on any atom is 0.156 e. The summed E-state index contributed by atoms with van der Waals surface area (Å²) in [6.07, 6.45) is 3.55. The fraction of sp³-hybridized carbons (Fsp3) is 0.389. The fourth-order valence-electron chi connectivity index (χ4n) is 2.39. The number of rotatable bonds is 1. The number of carbonyl (C=O) groups excluding carboxylic acids is 1. The van der Waals surface area contributed by atoms with Gasteiger partial charge in [-0.15, -0.1) is 0 Å². The van der Waals surface area contributed by atoms with E-state index < -0.39 is 0 Å². The fourth-order valence-corrected chi connectivity index (χ4v) is 2.39. The van der Waals surface area contributed by atoms with E-state index >= 15 is 0 Å². The van der Waals surface area contributed by atoms with Crippen LogP contribution in [0.3, 0.4) is 0 Å². The Morgan fingerprint density at radius 1 is 1.16 bits per heavy atom. The van der Waals surface area contributed by atoms with E-state index in [0.717, 1.165) is 12.0 Å². The molecule has 0 amide bonds. The van der Waals surface area contributed by atoms with Crippen molar-refractivity contribution in [1.82, 2.24) is 0 Å². The Morgan fingerprint density at radius 2 is 1.74 bits per heavy atom. The van der Waals surface area contributed by atoms with Crippen LogP contribution in [0.2, 0.25) is 0 Å². The first-order valence-electron chi connectivity index (χ1n) is 6.71. The molecule has 0 spiro atoms. The highest BCUT2D eigenvalue weighted by atomic mass is 16.1. The van der Waals surface area contributed by atoms with Crippen LogP contribution in [-0.4, -0.2) is 5.78 Å². The first kappa shape index (κ1) is 15.4. The van der Waals surface area contributed by atoms with E-state index in [0.29, 0.717) is 6.42 Å². The van der Waals surface area contributed by atoms with Gasteiger partial charge in [-0.1, -0.05) is 61.9 Å². The van der Waals surface area contributed by atoms with Crippen LogP contribution in [0, 0.1) is 5.41 Å². The standard InChI is InChI=1S/C9H14O.C9H10/c1-7-4-8(10)6-9(2,3)5-7;1-8(2)9-6-4-3-5-7-9/h4H,5-6H2,1-3H3;3-7H,1H2,2H3. The van der Waals surface area contributed by atoms with E-state index in [1.54, 1.807) is 6.08 Å². The Hall–Kier alpha value is -1.63. The van der Waals surface area contributed by atoms with Gasteiger partial charge in [-0.25, -0.2) is 0 Å². The number of hydrogen-bond donors (Lipinski definition) is 0. The van der Waals surface area contributed by atoms with Gasteiger partial charge in [-0.3, -0.25) is 4.79 Å². The van der Waals surface area contributed by atoms with Gasteiger partial charge in [0, 0.05) is 6.42 Å². The highest BCUT2D eigenvalue weighted by molar-refractivity contribution is 5.91. The van der Waals surface area contributed by atoms with Crippen LogP contribution in [0.1, 0.15) is 46.1 Å². The molecule has 0 aliphatic heterocycles. The molecule has 0 unspecified atom stereocenters. The molecule has 102 valence electrons. The molecular weight excluding hydrogens is 232 g/mol. The van der Waals surface area contributed by atoms with E-state index in [1.165, 1.54) is 11.1 Å². The van der Waals surface area contributed by atoms with Crippen LogP contribution in [0.4, 0.5) is 0 Å². The molecule has 0 heterocycles. The van der Waals surface area contributed by atoms with Gasteiger partial charge >= 0.3 is 0 Å². The Bertz CT molecular complexity index is 478. The van der Waals surface area contributed by atoms with Crippen LogP contribution in [-0.2, 0) is 4.79 Å². The van der Waals surface area contributed by atoms with Crippen molar-refractivity contribution < 1.29 is 4.79 Å². The summed E-state index contributed by atoms with van der Waals surface area (Å²) in [5, 5.41) is 0. The quantitative estimate of drug-likeness (QED) is 0.688. The normalized spacial score (nSPS) is 17.1. The minimum Gasteiger partial charge on any atom is -0.295 e. The molecule has 0 saturated heterocycles. The van der Waals surface area contributed by atoms with Crippen LogP contribution < -0.4 is 0 Å². The van der Waals surface area contributed by atoms with Crippen molar-refractivity contribution >= 4 is 11.4 Å². The maximum absolute atomic E-state index is 11.0. The summed E-state index contributed by atoms with van der Waals surface area (Å²) in [5.74, 6) is 0.286. The second-order valence-electron chi connectivity index (χ2n) is 6.12. The van der Waals surface area contributed by atoms with Gasteiger partial charge in [0.05, 0.1) is 0 Å². The lowest BCUT2D eigenvalue weighted by atomic mass is 9.77. The molecule has 0 saturated carbocycles. The molecule has 0 fully saturated rings. The summed E-state index contributed by atoms with van der Waals surface area (Å²) in [6.45, 7) is 12.1. The highest BCUT2D eigenvalue weighted by Crippen LogP contribution is 2.32. The van der Waals surface area contributed by atoms with E-state index in [2.05, 4.69) is 32.6 Å². The van der Waals surface area contributed by atoms with E-state index in [4.69, 9.17) is 0 Å². The van der Waals surface area contributed by atoms with Crippen molar-refractivity contribution in [3.63, 3.8) is 0 Å². The smallest absolute Gasteiger partial charge is 0.156 e. The predicted molar refractivity (Wildman–Crippen MR) is 82.9 cm³/mol. The minimum atomic E-state index is 0.204. The summed E-state index contributed by atoms with van der Waals surface area (Å²) in [5.41, 5.74) is 3.77. The van der Waals surface area contributed by atoms with Crippen molar-refractivity contribution in [2.45, 2.75) is 40.5 Å². The van der Waals surface area contributed by atoms with Crippen molar-refractivity contribution in [2.24, 2.45) is 5.41 Å². The molecule has 1 nitrogen and oxygen atoms in total. The molecule has 0 atom stereocenters. The second-order valence-corrected chi connectivity index (χ2v) is 6.12. The summed E-state index contributed by atoms with van der Waals surface area (Å²) in [6, 6.07) is 10.2. The topological polar surface area (TPSA) is 17.1 Å². The molecule has 2 rings (SSSR count). The number of hydrogen-bond acceptors (Lipinski definition) is 1. The second kappa shape index (κ2) is 6.51. The summed E-state index contributed by atoms with van der Waals surface area (Å²) in [7, 11) is 0. The molecule has 1 aromatic carbocycles. The molecule has 0 bridgehead atoms. The molecule has 1 aliphatic rings. The first-order chi connectivity index (χ1) is 8.80. The van der Waals surface area contributed by atoms with Crippen LogP contribution in [0.5, 0.6) is 0 Å². The van der Waals surface area contributed by atoms with Crippen molar-refractivity contribution in [3.05, 3.63) is 54.1 Å². The van der Waals surface area contributed by atoms with Gasteiger partial charge in [-0.05, 0) is 37.3 Å². The SMILES string of the molecule is C=C(C)c1ccccc1.CC1=CC(=O)CC(C)(C)C1. The van der Waals surface area contributed by atoms with Gasteiger partial charge in [0.1, 0.15) is 0 Å². The molecule has 0 N–H and O–H groups in total. The number of benzene rings is 1. The Kier molecular flexibility index (Phi) is 5.29. The van der Waals surface area contributed by atoms with E-state index in [9.17, 15) is 4.79 Å². The zero-order valence-electron chi connectivity index (χ0n) is 12.5. The zero-order chi connectivity index (χ0) is 14.5. The van der Waals surface area contributed by atoms with Crippen LogP contribution in [0.25, 0.3) is 5.57 Å². The number of allylic oxidation sites excluding steroid dienone is 3. The Balaban J connectivity index is 0.000000191. The largest absolute Gasteiger partial charge is 0.295 e. The average molecular weight is 256 g/mol. The first-order valence-corrected chi connectivity index (χ1v) is 6.71. The van der Waals surface area contributed by atoms with Crippen LogP contribution in [0.15, 0.2) is 48.6 Å². The third-order valence-electron chi connectivity index (χ3n) is 3.08. The van der Waals surface area contributed by atoms with E-state index in [1.807, 2.05) is 32.0 Å². The predicted octanol–water partition coefficient (Wildman–Crippen LogP) is 5.04. The maximum atomic E-state index is 11.0. The molecule has 19 heavy (non-hydrogen) atoms. The molecule has 0 radical (unpaired) electrons. The molecule has 1 heteroatoms. The van der Waals surface area contributed by atoms with Gasteiger partial charge in [0.25, 0.3) is 0 Å². The number of carbonyl (C=O) groups is 1. The van der Waals surface area contributed by atoms with Crippen molar-refractivity contribution in [1.29, 1.82) is 0 Å². The Morgan fingerprint density at radius 3 is 2.11 bits per heavy atom. The lowest BCUT2D eigenvalue weighted by Crippen LogP contribution is -2.20. The average Bonchev–Trinajstić information content (AvgIpc) is 2.27. The molecular formula is C18H24O. The third kappa shape index (κ3) is 5.69. The lowest BCUT2D eigenvalue weighted by molar-refractivity contribution is -0.117. The van der Waals surface area contributed by atoms with Gasteiger partial charge < -0.3 is 0 Å². The molecule has 1 aliphatic carbocycles. The third-order valence-corrected chi connectivity index (χ3v) is 3.08. The summed E-state index contributed by atoms with van der Waals surface area (Å²) in [4.78, 5) is 11.0.